The third-order valence-corrected chi connectivity index (χ3v) is 2.37. The van der Waals surface area contributed by atoms with E-state index in [4.69, 9.17) is 11.6 Å². The van der Waals surface area contributed by atoms with E-state index >= 15 is 0 Å². The standard InChI is InChI=1S/C11H9ClN2O2/c1-6-13-10(15)9(11(16)14-6)7-3-2-4-8(12)5-7/h2-5H,1H3,(H2,13,14,15,16). The number of aromatic amines is 1. The summed E-state index contributed by atoms with van der Waals surface area (Å²) in [4.78, 5) is 18.0. The van der Waals surface area contributed by atoms with Crippen molar-refractivity contribution in [3.05, 3.63) is 45.5 Å². The molecule has 0 saturated heterocycles. The summed E-state index contributed by atoms with van der Waals surface area (Å²) in [5.74, 6) is 0.0804. The zero-order valence-electron chi connectivity index (χ0n) is 8.49. The lowest BCUT2D eigenvalue weighted by molar-refractivity contribution is 0.451. The van der Waals surface area contributed by atoms with Gasteiger partial charge in [-0.05, 0) is 24.6 Å². The first-order valence-corrected chi connectivity index (χ1v) is 5.01. The largest absolute Gasteiger partial charge is 0.493 e. The third kappa shape index (κ3) is 1.92. The molecule has 0 aliphatic rings. The molecule has 82 valence electrons. The van der Waals surface area contributed by atoms with E-state index in [1.165, 1.54) is 0 Å². The molecule has 1 heterocycles. The van der Waals surface area contributed by atoms with Crippen LogP contribution < -0.4 is 5.56 Å². The number of nitrogens with one attached hydrogen (secondary N) is 1. The van der Waals surface area contributed by atoms with Crippen molar-refractivity contribution in [3.63, 3.8) is 0 Å². The minimum atomic E-state index is -0.382. The van der Waals surface area contributed by atoms with Crippen LogP contribution in [-0.4, -0.2) is 15.1 Å². The van der Waals surface area contributed by atoms with Gasteiger partial charge in [0.2, 0.25) is 5.88 Å². The quantitative estimate of drug-likeness (QED) is 0.797. The smallest absolute Gasteiger partial charge is 0.262 e. The van der Waals surface area contributed by atoms with Crippen LogP contribution in [0.15, 0.2) is 29.1 Å². The Kier molecular flexibility index (Phi) is 2.66. The zero-order chi connectivity index (χ0) is 11.7. The van der Waals surface area contributed by atoms with E-state index in [2.05, 4.69) is 9.97 Å². The number of halogens is 1. The van der Waals surface area contributed by atoms with E-state index in [1.807, 2.05) is 0 Å². The molecule has 5 heteroatoms. The molecule has 2 rings (SSSR count). The number of aromatic nitrogens is 2. The van der Waals surface area contributed by atoms with Crippen LogP contribution in [0.4, 0.5) is 0 Å². The maximum absolute atomic E-state index is 11.7. The van der Waals surface area contributed by atoms with Crippen molar-refractivity contribution in [1.29, 1.82) is 0 Å². The summed E-state index contributed by atoms with van der Waals surface area (Å²) in [6.45, 7) is 1.60. The molecule has 16 heavy (non-hydrogen) atoms. The monoisotopic (exact) mass is 236 g/mol. The molecule has 0 saturated carbocycles. The van der Waals surface area contributed by atoms with Crippen molar-refractivity contribution in [2.45, 2.75) is 6.92 Å². The Balaban J connectivity index is 2.70. The van der Waals surface area contributed by atoms with E-state index in [9.17, 15) is 9.90 Å². The minimum Gasteiger partial charge on any atom is -0.493 e. The fraction of sp³-hybridized carbons (Fsp3) is 0.0909. The number of rotatable bonds is 1. The highest BCUT2D eigenvalue weighted by molar-refractivity contribution is 6.30. The fourth-order valence-corrected chi connectivity index (χ4v) is 1.67. The van der Waals surface area contributed by atoms with Crippen LogP contribution in [0, 0.1) is 6.92 Å². The van der Waals surface area contributed by atoms with E-state index in [0.717, 1.165) is 0 Å². The molecule has 0 bridgehead atoms. The molecule has 4 nitrogen and oxygen atoms in total. The van der Waals surface area contributed by atoms with Crippen molar-refractivity contribution in [2.24, 2.45) is 0 Å². The zero-order valence-corrected chi connectivity index (χ0v) is 9.25. The van der Waals surface area contributed by atoms with Crippen LogP contribution >= 0.6 is 11.6 Å². The fourth-order valence-electron chi connectivity index (χ4n) is 1.48. The predicted molar refractivity (Wildman–Crippen MR) is 61.7 cm³/mol. The number of nitrogens with zero attached hydrogens (tertiary/aromatic N) is 1. The van der Waals surface area contributed by atoms with Gasteiger partial charge >= 0.3 is 0 Å². The molecule has 1 aromatic heterocycles. The molecule has 0 unspecified atom stereocenters. The summed E-state index contributed by atoms with van der Waals surface area (Å²) in [5.41, 5.74) is 0.291. The van der Waals surface area contributed by atoms with Crippen molar-refractivity contribution < 1.29 is 5.11 Å². The van der Waals surface area contributed by atoms with Crippen molar-refractivity contribution in [1.82, 2.24) is 9.97 Å². The number of H-pyrrole nitrogens is 1. The van der Waals surface area contributed by atoms with E-state index in [0.29, 0.717) is 16.4 Å². The van der Waals surface area contributed by atoms with Crippen LogP contribution in [0.2, 0.25) is 5.02 Å². The van der Waals surface area contributed by atoms with E-state index < -0.39 is 0 Å². The molecule has 2 N–H and O–H groups in total. The van der Waals surface area contributed by atoms with Gasteiger partial charge in [0.05, 0.1) is 0 Å². The topological polar surface area (TPSA) is 66.0 Å². The molecule has 0 atom stereocenters. The van der Waals surface area contributed by atoms with Gasteiger partial charge in [-0.15, -0.1) is 0 Å². The molecule has 2 aromatic rings. The molecule has 0 aliphatic heterocycles. The Morgan fingerprint density at radius 1 is 1.44 bits per heavy atom. The van der Waals surface area contributed by atoms with Crippen molar-refractivity contribution >= 4 is 11.6 Å². The summed E-state index contributed by atoms with van der Waals surface area (Å²) < 4.78 is 0. The second kappa shape index (κ2) is 3.98. The SMILES string of the molecule is Cc1nc(O)c(-c2cccc(Cl)c2)c(=O)[nH]1. The lowest BCUT2D eigenvalue weighted by Crippen LogP contribution is -2.12. The lowest BCUT2D eigenvalue weighted by atomic mass is 10.1. The summed E-state index contributed by atoms with van der Waals surface area (Å²) in [5, 5.41) is 10.1. The highest BCUT2D eigenvalue weighted by Gasteiger charge is 2.11. The van der Waals surface area contributed by atoms with Gasteiger partial charge in [0.15, 0.2) is 0 Å². The number of aromatic hydroxyl groups is 1. The van der Waals surface area contributed by atoms with Gasteiger partial charge < -0.3 is 10.1 Å². The van der Waals surface area contributed by atoms with Crippen molar-refractivity contribution in [3.8, 4) is 17.0 Å². The van der Waals surface area contributed by atoms with Gasteiger partial charge in [0.25, 0.3) is 5.56 Å². The highest BCUT2D eigenvalue weighted by atomic mass is 35.5. The number of hydrogen-bond donors (Lipinski definition) is 2. The van der Waals surface area contributed by atoms with Gasteiger partial charge in [0.1, 0.15) is 11.4 Å². The normalized spacial score (nSPS) is 10.4. The maximum atomic E-state index is 11.7. The maximum Gasteiger partial charge on any atom is 0.262 e. The highest BCUT2D eigenvalue weighted by Crippen LogP contribution is 2.25. The second-order valence-corrected chi connectivity index (χ2v) is 3.80. The first kappa shape index (κ1) is 10.7. The Bertz CT molecular complexity index is 593. The van der Waals surface area contributed by atoms with Gasteiger partial charge in [0, 0.05) is 5.02 Å². The van der Waals surface area contributed by atoms with Crippen LogP contribution in [-0.2, 0) is 0 Å². The third-order valence-electron chi connectivity index (χ3n) is 2.13. The van der Waals surface area contributed by atoms with Gasteiger partial charge in [-0.25, -0.2) is 4.98 Å². The molecule has 0 spiro atoms. The lowest BCUT2D eigenvalue weighted by Gasteiger charge is -2.04. The van der Waals surface area contributed by atoms with Crippen molar-refractivity contribution in [2.75, 3.05) is 0 Å². The van der Waals surface area contributed by atoms with Crippen LogP contribution in [0.5, 0.6) is 5.88 Å². The minimum absolute atomic E-state index is 0.133. The molecule has 0 radical (unpaired) electrons. The Hall–Kier alpha value is -1.81. The summed E-state index contributed by atoms with van der Waals surface area (Å²) in [7, 11) is 0. The predicted octanol–water partition coefficient (Wildman–Crippen LogP) is 2.10. The van der Waals surface area contributed by atoms with Gasteiger partial charge in [-0.1, -0.05) is 23.7 Å². The first-order chi connectivity index (χ1) is 7.58. The first-order valence-electron chi connectivity index (χ1n) is 4.64. The molecule has 1 aromatic carbocycles. The van der Waals surface area contributed by atoms with Gasteiger partial charge in [-0.2, -0.15) is 0 Å². The summed E-state index contributed by atoms with van der Waals surface area (Å²) >= 11 is 5.82. The Morgan fingerprint density at radius 3 is 2.81 bits per heavy atom. The average molecular weight is 237 g/mol. The number of benzene rings is 1. The molecule has 0 fully saturated rings. The molecule has 0 aliphatic carbocycles. The molecular weight excluding hydrogens is 228 g/mol. The average Bonchev–Trinajstić information content (AvgIpc) is 2.15. The van der Waals surface area contributed by atoms with E-state index in [-0.39, 0.29) is 17.0 Å². The number of aryl methyl sites for hydroxylation is 1. The molecule has 0 amide bonds. The van der Waals surface area contributed by atoms with Gasteiger partial charge in [-0.3, -0.25) is 4.79 Å². The molecular formula is C11H9ClN2O2. The Labute approximate surface area is 96.6 Å². The van der Waals surface area contributed by atoms with Crippen LogP contribution in [0.1, 0.15) is 5.82 Å². The second-order valence-electron chi connectivity index (χ2n) is 3.36. The Morgan fingerprint density at radius 2 is 2.19 bits per heavy atom. The summed E-state index contributed by atoms with van der Waals surface area (Å²) in [6.07, 6.45) is 0. The number of hydrogen-bond acceptors (Lipinski definition) is 3. The summed E-state index contributed by atoms with van der Waals surface area (Å²) in [6, 6.07) is 6.68. The van der Waals surface area contributed by atoms with Crippen LogP contribution in [0.3, 0.4) is 0 Å². The van der Waals surface area contributed by atoms with E-state index in [1.54, 1.807) is 31.2 Å². The van der Waals surface area contributed by atoms with Crippen LogP contribution in [0.25, 0.3) is 11.1 Å².